The minimum atomic E-state index is 0.120. The van der Waals surface area contributed by atoms with Gasteiger partial charge in [0.2, 0.25) is 0 Å². The summed E-state index contributed by atoms with van der Waals surface area (Å²) in [6, 6.07) is 0. The van der Waals surface area contributed by atoms with E-state index >= 15 is 0 Å². The molecule has 1 fully saturated rings. The Hall–Kier alpha value is -0.0800. The lowest BCUT2D eigenvalue weighted by Gasteiger charge is -2.53. The molecule has 0 spiro atoms. The highest BCUT2D eigenvalue weighted by Gasteiger charge is 2.49. The molecule has 0 aliphatic carbocycles. The van der Waals surface area contributed by atoms with Crippen molar-refractivity contribution in [3.8, 4) is 0 Å². The van der Waals surface area contributed by atoms with Gasteiger partial charge in [-0.2, -0.15) is 0 Å². The molecule has 0 aromatic carbocycles. The van der Waals surface area contributed by atoms with Gasteiger partial charge in [0.05, 0.1) is 5.60 Å². The number of rotatable bonds is 6. The summed E-state index contributed by atoms with van der Waals surface area (Å²) in [6.07, 6.45) is 8.43. The molecule has 1 heterocycles. The first kappa shape index (κ1) is 14.0. The van der Waals surface area contributed by atoms with E-state index in [2.05, 4.69) is 20.8 Å². The van der Waals surface area contributed by atoms with Gasteiger partial charge in [-0.1, -0.05) is 20.8 Å². The fourth-order valence-electron chi connectivity index (χ4n) is 3.73. The van der Waals surface area contributed by atoms with Crippen molar-refractivity contribution in [1.29, 1.82) is 0 Å². The highest BCUT2D eigenvalue weighted by molar-refractivity contribution is 5.00. The van der Waals surface area contributed by atoms with E-state index in [1.807, 2.05) is 0 Å². The van der Waals surface area contributed by atoms with Crippen LogP contribution < -0.4 is 5.73 Å². The van der Waals surface area contributed by atoms with Crippen molar-refractivity contribution in [3.63, 3.8) is 0 Å². The summed E-state index contributed by atoms with van der Waals surface area (Å²) in [5.41, 5.74) is 6.19. The van der Waals surface area contributed by atoms with Crippen LogP contribution >= 0.6 is 0 Å². The molecule has 0 saturated carbocycles. The minimum Gasteiger partial charge on any atom is -0.374 e. The first-order valence-electron chi connectivity index (χ1n) is 7.04. The Morgan fingerprint density at radius 3 is 2.31 bits per heavy atom. The maximum Gasteiger partial charge on any atom is 0.0733 e. The van der Waals surface area contributed by atoms with Crippen molar-refractivity contribution in [2.75, 3.05) is 13.2 Å². The molecule has 2 N–H and O–H groups in total. The smallest absolute Gasteiger partial charge is 0.0733 e. The monoisotopic (exact) mass is 227 g/mol. The molecule has 96 valence electrons. The van der Waals surface area contributed by atoms with Gasteiger partial charge in [0.1, 0.15) is 0 Å². The van der Waals surface area contributed by atoms with Crippen LogP contribution in [0.15, 0.2) is 0 Å². The molecular formula is C14H29NO. The molecule has 1 aliphatic rings. The van der Waals surface area contributed by atoms with E-state index in [-0.39, 0.29) is 5.60 Å². The largest absolute Gasteiger partial charge is 0.374 e. The van der Waals surface area contributed by atoms with Crippen LogP contribution in [0.2, 0.25) is 0 Å². The van der Waals surface area contributed by atoms with Crippen molar-refractivity contribution in [3.05, 3.63) is 0 Å². The van der Waals surface area contributed by atoms with Gasteiger partial charge >= 0.3 is 0 Å². The second kappa shape index (κ2) is 6.02. The molecule has 1 unspecified atom stereocenters. The summed E-state index contributed by atoms with van der Waals surface area (Å²) in [5, 5.41) is 0. The van der Waals surface area contributed by atoms with E-state index in [0.29, 0.717) is 5.41 Å². The average Bonchev–Trinajstić information content (AvgIpc) is 2.36. The van der Waals surface area contributed by atoms with Gasteiger partial charge in [0.15, 0.2) is 0 Å². The van der Waals surface area contributed by atoms with Crippen LogP contribution in [-0.4, -0.2) is 18.8 Å². The lowest BCUT2D eigenvalue weighted by Crippen LogP contribution is -2.52. The van der Waals surface area contributed by atoms with E-state index in [0.717, 1.165) is 32.4 Å². The number of hydrogen-bond acceptors (Lipinski definition) is 2. The molecule has 0 aromatic rings. The normalized spacial score (nSPS) is 29.2. The summed E-state index contributed by atoms with van der Waals surface area (Å²) in [7, 11) is 0. The van der Waals surface area contributed by atoms with Crippen molar-refractivity contribution >= 4 is 0 Å². The first-order valence-corrected chi connectivity index (χ1v) is 7.04. The zero-order chi connectivity index (χ0) is 12.1. The molecular weight excluding hydrogens is 198 g/mol. The van der Waals surface area contributed by atoms with Crippen LogP contribution in [0, 0.1) is 5.41 Å². The molecule has 16 heavy (non-hydrogen) atoms. The topological polar surface area (TPSA) is 35.2 Å². The molecule has 0 radical (unpaired) electrons. The average molecular weight is 227 g/mol. The lowest BCUT2D eigenvalue weighted by molar-refractivity contribution is -0.180. The summed E-state index contributed by atoms with van der Waals surface area (Å²) in [4.78, 5) is 0. The second-order valence-electron chi connectivity index (χ2n) is 5.18. The maximum atomic E-state index is 6.23. The third kappa shape index (κ3) is 2.28. The summed E-state index contributed by atoms with van der Waals surface area (Å²) in [6.45, 7) is 8.64. The standard InChI is InChI=1S/C14H29NO/c1-4-13(9-7-11-15)10-8-12-16-14(13,5-2)6-3/h4-12,15H2,1-3H3. The predicted octanol–water partition coefficient (Wildman–Crippen LogP) is 3.49. The van der Waals surface area contributed by atoms with E-state index in [4.69, 9.17) is 10.5 Å². The first-order chi connectivity index (χ1) is 7.70. The fraction of sp³-hybridized carbons (Fsp3) is 1.00. The highest BCUT2D eigenvalue weighted by Crippen LogP contribution is 2.51. The van der Waals surface area contributed by atoms with Crippen LogP contribution in [0.3, 0.4) is 0 Å². The van der Waals surface area contributed by atoms with Gasteiger partial charge < -0.3 is 10.5 Å². The van der Waals surface area contributed by atoms with E-state index in [9.17, 15) is 0 Å². The Morgan fingerprint density at radius 1 is 1.12 bits per heavy atom. The van der Waals surface area contributed by atoms with Gasteiger partial charge in [0.25, 0.3) is 0 Å². The van der Waals surface area contributed by atoms with E-state index < -0.39 is 0 Å². The highest BCUT2D eigenvalue weighted by atomic mass is 16.5. The Morgan fingerprint density at radius 2 is 1.81 bits per heavy atom. The number of hydrogen-bond donors (Lipinski definition) is 1. The molecule has 1 aliphatic heterocycles. The molecule has 2 nitrogen and oxygen atoms in total. The zero-order valence-corrected chi connectivity index (χ0v) is 11.3. The summed E-state index contributed by atoms with van der Waals surface area (Å²) in [5.74, 6) is 0. The van der Waals surface area contributed by atoms with Crippen molar-refractivity contribution in [2.24, 2.45) is 11.1 Å². The Labute approximate surface area is 101 Å². The zero-order valence-electron chi connectivity index (χ0n) is 11.3. The number of nitrogens with two attached hydrogens (primary N) is 1. The summed E-state index contributed by atoms with van der Waals surface area (Å²) < 4.78 is 6.23. The Kier molecular flexibility index (Phi) is 5.26. The van der Waals surface area contributed by atoms with Crippen LogP contribution in [0.4, 0.5) is 0 Å². The molecule has 1 rings (SSSR count). The lowest BCUT2D eigenvalue weighted by atomic mass is 9.61. The number of ether oxygens (including phenoxy) is 1. The maximum absolute atomic E-state index is 6.23. The summed E-state index contributed by atoms with van der Waals surface area (Å²) >= 11 is 0. The third-order valence-corrected chi connectivity index (χ3v) is 4.82. The Bertz CT molecular complexity index is 201. The quantitative estimate of drug-likeness (QED) is 0.754. The molecule has 2 heteroatoms. The molecule has 0 amide bonds. The van der Waals surface area contributed by atoms with Gasteiger partial charge in [-0.25, -0.2) is 0 Å². The van der Waals surface area contributed by atoms with Crippen molar-refractivity contribution in [1.82, 2.24) is 0 Å². The molecule has 0 bridgehead atoms. The predicted molar refractivity (Wildman–Crippen MR) is 69.5 cm³/mol. The molecule has 1 saturated heterocycles. The van der Waals surface area contributed by atoms with Crippen LogP contribution in [0.5, 0.6) is 0 Å². The molecule has 0 aromatic heterocycles. The third-order valence-electron chi connectivity index (χ3n) is 4.82. The fourth-order valence-corrected chi connectivity index (χ4v) is 3.73. The van der Waals surface area contributed by atoms with Crippen molar-refractivity contribution < 1.29 is 4.74 Å². The SMILES string of the molecule is CCC1(CCCN)CCCOC1(CC)CC. The van der Waals surface area contributed by atoms with Gasteiger partial charge in [0, 0.05) is 6.61 Å². The Balaban J connectivity index is 2.90. The second-order valence-corrected chi connectivity index (χ2v) is 5.18. The molecule has 1 atom stereocenters. The van der Waals surface area contributed by atoms with Gasteiger partial charge in [-0.05, 0) is 56.9 Å². The van der Waals surface area contributed by atoms with Crippen LogP contribution in [-0.2, 0) is 4.74 Å². The van der Waals surface area contributed by atoms with Crippen molar-refractivity contribution in [2.45, 2.75) is 71.3 Å². The van der Waals surface area contributed by atoms with Crippen LogP contribution in [0.1, 0.15) is 65.7 Å². The minimum absolute atomic E-state index is 0.120. The van der Waals surface area contributed by atoms with Gasteiger partial charge in [-0.3, -0.25) is 0 Å². The van der Waals surface area contributed by atoms with E-state index in [1.54, 1.807) is 0 Å². The van der Waals surface area contributed by atoms with Crippen LogP contribution in [0.25, 0.3) is 0 Å². The van der Waals surface area contributed by atoms with Gasteiger partial charge in [-0.15, -0.1) is 0 Å². The van der Waals surface area contributed by atoms with E-state index in [1.165, 1.54) is 25.7 Å².